The summed E-state index contributed by atoms with van der Waals surface area (Å²) in [6.07, 6.45) is 5.12. The number of pyridine rings is 1. The topological polar surface area (TPSA) is 83.0 Å². The van der Waals surface area contributed by atoms with Gasteiger partial charge < -0.3 is 15.5 Å². The van der Waals surface area contributed by atoms with Gasteiger partial charge in [0.05, 0.1) is 11.7 Å². The predicted octanol–water partition coefficient (Wildman–Crippen LogP) is 5.39. The summed E-state index contributed by atoms with van der Waals surface area (Å²) in [5.41, 5.74) is 1.38. The number of unbranched alkanes of at least 4 members (excludes halogenated alkanes) is 1. The lowest BCUT2D eigenvalue weighted by molar-refractivity contribution is -0.112. The number of allylic oxidation sites excluding steroid dienone is 1. The third-order valence-corrected chi connectivity index (χ3v) is 5.20. The molecule has 1 amide bonds. The number of hydrogen-bond donors (Lipinski definition) is 2. The van der Waals surface area contributed by atoms with Gasteiger partial charge in [-0.05, 0) is 63.8 Å². The van der Waals surface area contributed by atoms with E-state index in [9.17, 15) is 13.6 Å². The van der Waals surface area contributed by atoms with E-state index in [0.717, 1.165) is 22.8 Å². The number of carbonyl (C=O) groups excluding carboxylic acids is 1. The van der Waals surface area contributed by atoms with Crippen LogP contribution in [0.15, 0.2) is 59.5 Å². The van der Waals surface area contributed by atoms with Crippen LogP contribution in [0.4, 0.5) is 26.1 Å². The number of aromatic nitrogens is 3. The summed E-state index contributed by atoms with van der Waals surface area (Å²) in [6.45, 7) is 0.746. The number of halogens is 3. The van der Waals surface area contributed by atoms with Crippen LogP contribution in [-0.4, -0.2) is 52.3 Å². The normalized spacial score (nSPS) is 11.9. The lowest BCUT2D eigenvalue weighted by Crippen LogP contribution is -2.17. The van der Waals surface area contributed by atoms with Crippen LogP contribution in [0.2, 0.25) is 0 Å². The summed E-state index contributed by atoms with van der Waals surface area (Å²) in [5, 5.41) is 6.35. The standard InChI is InChI=1S/C23H25BrF2N6O/c1-32(2)11-4-3-9-23(25,26)10-8-21(33)31-20-13-18-19(14-27-20)28-15-29-22(18)30-17-7-5-6-16(24)12-17/h5-8,10,12-15H,3-4,9,11H2,1-2H3,(H,27,31,33)(H,28,29,30). The van der Waals surface area contributed by atoms with E-state index in [1.165, 1.54) is 12.5 Å². The van der Waals surface area contributed by atoms with E-state index >= 15 is 0 Å². The molecule has 33 heavy (non-hydrogen) atoms. The second-order valence-corrected chi connectivity index (χ2v) is 8.70. The maximum absolute atomic E-state index is 14.0. The van der Waals surface area contributed by atoms with Crippen molar-refractivity contribution < 1.29 is 13.6 Å². The van der Waals surface area contributed by atoms with Crippen molar-refractivity contribution in [2.45, 2.75) is 25.2 Å². The molecule has 0 atom stereocenters. The summed E-state index contributed by atoms with van der Waals surface area (Å²) >= 11 is 3.42. The van der Waals surface area contributed by atoms with Crippen molar-refractivity contribution in [3.05, 3.63) is 59.5 Å². The number of alkyl halides is 2. The van der Waals surface area contributed by atoms with E-state index in [4.69, 9.17) is 0 Å². The molecule has 174 valence electrons. The van der Waals surface area contributed by atoms with E-state index in [1.807, 2.05) is 43.3 Å². The van der Waals surface area contributed by atoms with Crippen LogP contribution in [0.25, 0.3) is 10.9 Å². The maximum Gasteiger partial charge on any atom is 0.266 e. The Morgan fingerprint density at radius 3 is 2.76 bits per heavy atom. The number of nitrogens with zero attached hydrogens (tertiary/aromatic N) is 4. The quantitative estimate of drug-likeness (QED) is 0.276. The Labute approximate surface area is 199 Å². The third-order valence-electron chi connectivity index (χ3n) is 4.70. The number of nitrogens with one attached hydrogen (secondary N) is 2. The predicted molar refractivity (Wildman–Crippen MR) is 130 cm³/mol. The zero-order valence-corrected chi connectivity index (χ0v) is 19.9. The monoisotopic (exact) mass is 518 g/mol. The highest BCUT2D eigenvalue weighted by atomic mass is 79.9. The van der Waals surface area contributed by atoms with Gasteiger partial charge in [-0.1, -0.05) is 22.0 Å². The van der Waals surface area contributed by atoms with Crippen LogP contribution < -0.4 is 10.6 Å². The molecule has 0 saturated carbocycles. The highest BCUT2D eigenvalue weighted by Crippen LogP contribution is 2.26. The number of fused-ring (bicyclic) bond motifs is 1. The van der Waals surface area contributed by atoms with Gasteiger partial charge in [-0.2, -0.15) is 0 Å². The molecule has 0 aliphatic heterocycles. The van der Waals surface area contributed by atoms with Crippen molar-refractivity contribution in [3.8, 4) is 0 Å². The first-order valence-electron chi connectivity index (χ1n) is 10.4. The van der Waals surface area contributed by atoms with Gasteiger partial charge in [0.15, 0.2) is 0 Å². The van der Waals surface area contributed by atoms with Gasteiger partial charge >= 0.3 is 0 Å². The Morgan fingerprint density at radius 1 is 1.18 bits per heavy atom. The molecular weight excluding hydrogens is 494 g/mol. The van der Waals surface area contributed by atoms with Gasteiger partial charge in [0.1, 0.15) is 18.0 Å². The minimum Gasteiger partial charge on any atom is -0.340 e. The largest absolute Gasteiger partial charge is 0.340 e. The van der Waals surface area contributed by atoms with E-state index < -0.39 is 11.8 Å². The third kappa shape index (κ3) is 7.83. The number of anilines is 3. The first-order chi connectivity index (χ1) is 15.7. The van der Waals surface area contributed by atoms with Crippen molar-refractivity contribution in [1.29, 1.82) is 0 Å². The first-order valence-corrected chi connectivity index (χ1v) is 11.2. The highest BCUT2D eigenvalue weighted by Gasteiger charge is 2.24. The van der Waals surface area contributed by atoms with Crippen molar-refractivity contribution in [3.63, 3.8) is 0 Å². The fourth-order valence-corrected chi connectivity index (χ4v) is 3.47. The van der Waals surface area contributed by atoms with Gasteiger partial charge in [-0.3, -0.25) is 4.79 Å². The molecule has 0 bridgehead atoms. The molecule has 0 saturated heterocycles. The minimum atomic E-state index is -3.05. The van der Waals surface area contributed by atoms with Crippen LogP contribution in [0.3, 0.4) is 0 Å². The molecule has 2 aromatic heterocycles. The molecular formula is C23H25BrF2N6O. The SMILES string of the molecule is CN(C)CCCCC(F)(F)C=CC(=O)Nc1cc2c(Nc3cccc(Br)c3)ncnc2cn1. The number of rotatable bonds is 10. The van der Waals surface area contributed by atoms with Gasteiger partial charge in [0.2, 0.25) is 5.91 Å². The average Bonchev–Trinajstić information content (AvgIpc) is 2.76. The molecule has 7 nitrogen and oxygen atoms in total. The van der Waals surface area contributed by atoms with E-state index in [-0.39, 0.29) is 12.2 Å². The van der Waals surface area contributed by atoms with Crippen LogP contribution in [0.5, 0.6) is 0 Å². The lowest BCUT2D eigenvalue weighted by atomic mass is 10.1. The number of hydrogen-bond acceptors (Lipinski definition) is 6. The van der Waals surface area contributed by atoms with E-state index in [2.05, 4.69) is 41.5 Å². The Balaban J connectivity index is 1.67. The van der Waals surface area contributed by atoms with Crippen LogP contribution in [-0.2, 0) is 4.79 Å². The summed E-state index contributed by atoms with van der Waals surface area (Å²) in [5.74, 6) is -3.00. The summed E-state index contributed by atoms with van der Waals surface area (Å²) in [4.78, 5) is 26.7. The van der Waals surface area contributed by atoms with Crippen molar-refractivity contribution in [1.82, 2.24) is 19.9 Å². The van der Waals surface area contributed by atoms with Crippen molar-refractivity contribution in [2.75, 3.05) is 31.3 Å². The van der Waals surface area contributed by atoms with Crippen LogP contribution >= 0.6 is 15.9 Å². The zero-order chi connectivity index (χ0) is 23.8. The Morgan fingerprint density at radius 2 is 2.00 bits per heavy atom. The minimum absolute atomic E-state index is 0.207. The number of amides is 1. The highest BCUT2D eigenvalue weighted by molar-refractivity contribution is 9.10. The van der Waals surface area contributed by atoms with Gasteiger partial charge in [0, 0.05) is 28.0 Å². The Bertz CT molecular complexity index is 1140. The van der Waals surface area contributed by atoms with Crippen molar-refractivity contribution >= 4 is 50.1 Å². The molecule has 3 rings (SSSR count). The molecule has 2 N–H and O–H groups in total. The van der Waals surface area contributed by atoms with Gasteiger partial charge in [0.25, 0.3) is 5.92 Å². The molecule has 3 aromatic rings. The fourth-order valence-electron chi connectivity index (χ4n) is 3.07. The fraction of sp³-hybridized carbons (Fsp3) is 0.304. The molecule has 0 aliphatic rings. The Kier molecular flexibility index (Phi) is 8.40. The zero-order valence-electron chi connectivity index (χ0n) is 18.4. The van der Waals surface area contributed by atoms with Crippen molar-refractivity contribution in [2.24, 2.45) is 0 Å². The Hall–Kier alpha value is -2.98. The molecule has 1 aromatic carbocycles. The first kappa shape index (κ1) is 24.7. The lowest BCUT2D eigenvalue weighted by Gasteiger charge is -2.13. The van der Waals surface area contributed by atoms with E-state index in [1.54, 1.807) is 6.07 Å². The summed E-state index contributed by atoms with van der Waals surface area (Å²) in [6, 6.07) is 9.16. The summed E-state index contributed by atoms with van der Waals surface area (Å²) in [7, 11) is 3.80. The molecule has 0 fully saturated rings. The number of benzene rings is 1. The van der Waals surface area contributed by atoms with Crippen LogP contribution in [0, 0.1) is 0 Å². The van der Waals surface area contributed by atoms with E-state index in [0.29, 0.717) is 35.6 Å². The number of carbonyl (C=O) groups is 1. The molecule has 0 unspecified atom stereocenters. The molecule has 0 aliphatic carbocycles. The molecule has 2 heterocycles. The maximum atomic E-state index is 14.0. The average molecular weight is 519 g/mol. The molecule has 0 radical (unpaired) electrons. The smallest absolute Gasteiger partial charge is 0.266 e. The molecule has 0 spiro atoms. The van der Waals surface area contributed by atoms with Gasteiger partial charge in [-0.15, -0.1) is 0 Å². The van der Waals surface area contributed by atoms with Gasteiger partial charge in [-0.25, -0.2) is 23.7 Å². The van der Waals surface area contributed by atoms with Crippen LogP contribution in [0.1, 0.15) is 19.3 Å². The molecule has 10 heteroatoms. The summed E-state index contributed by atoms with van der Waals surface area (Å²) < 4.78 is 28.9. The second-order valence-electron chi connectivity index (χ2n) is 7.79. The second kappa shape index (κ2) is 11.2.